The molecule has 2 atom stereocenters. The summed E-state index contributed by atoms with van der Waals surface area (Å²) in [6.07, 6.45) is 4.54. The van der Waals surface area contributed by atoms with Crippen molar-refractivity contribution in [1.82, 2.24) is 14.5 Å². The Morgan fingerprint density at radius 1 is 1.38 bits per heavy atom. The lowest BCUT2D eigenvalue weighted by atomic mass is 9.96. The van der Waals surface area contributed by atoms with Crippen molar-refractivity contribution >= 4 is 47.6 Å². The first-order valence-corrected chi connectivity index (χ1v) is 14.1. The standard InChI is InChI=1S/C18H29IN4O2Si/c1-13-5-6-22(11-15(13)24)16-9-20-17-14(19)10-23(18(17)21-16)12-25-7-8-26(2,3)4/h9-10,13,15,24H,5-8,11-12H2,1-4H3/t13-,15-/m1/s1. The van der Waals surface area contributed by atoms with Crippen LogP contribution in [0.3, 0.4) is 0 Å². The third kappa shape index (κ3) is 4.76. The molecule has 0 saturated carbocycles. The molecule has 1 saturated heterocycles. The minimum atomic E-state index is -1.08. The normalized spacial score (nSPS) is 21.5. The maximum Gasteiger partial charge on any atom is 0.164 e. The Morgan fingerprint density at radius 2 is 2.15 bits per heavy atom. The van der Waals surface area contributed by atoms with E-state index in [0.717, 1.165) is 46.2 Å². The van der Waals surface area contributed by atoms with Gasteiger partial charge in [0, 0.05) is 34.0 Å². The number of anilines is 1. The predicted molar refractivity (Wildman–Crippen MR) is 116 cm³/mol. The van der Waals surface area contributed by atoms with E-state index in [1.54, 1.807) is 0 Å². The maximum absolute atomic E-state index is 10.2. The van der Waals surface area contributed by atoms with Gasteiger partial charge in [0.2, 0.25) is 0 Å². The molecule has 8 heteroatoms. The van der Waals surface area contributed by atoms with Gasteiger partial charge in [-0.15, -0.1) is 0 Å². The number of nitrogens with zero attached hydrogens (tertiary/aromatic N) is 4. The van der Waals surface area contributed by atoms with Gasteiger partial charge >= 0.3 is 0 Å². The van der Waals surface area contributed by atoms with Gasteiger partial charge in [-0.25, -0.2) is 9.97 Å². The molecule has 1 aliphatic rings. The first-order chi connectivity index (χ1) is 12.2. The van der Waals surface area contributed by atoms with E-state index in [-0.39, 0.29) is 6.10 Å². The molecule has 2 aromatic heterocycles. The van der Waals surface area contributed by atoms with Gasteiger partial charge in [0.1, 0.15) is 18.1 Å². The molecule has 26 heavy (non-hydrogen) atoms. The molecular formula is C18H29IN4O2Si. The van der Waals surface area contributed by atoms with Crippen LogP contribution < -0.4 is 4.90 Å². The monoisotopic (exact) mass is 488 g/mol. The van der Waals surface area contributed by atoms with Crippen LogP contribution in [0.2, 0.25) is 25.7 Å². The quantitative estimate of drug-likeness (QED) is 0.383. The summed E-state index contributed by atoms with van der Waals surface area (Å²) in [5.74, 6) is 1.17. The van der Waals surface area contributed by atoms with E-state index in [1.165, 1.54) is 0 Å². The SMILES string of the molecule is C[C@@H]1CCN(c2cnc3c(I)cn(COCC[Si](C)(C)C)c3n2)C[C@H]1O. The van der Waals surface area contributed by atoms with Crippen LogP contribution in [0.5, 0.6) is 0 Å². The lowest BCUT2D eigenvalue weighted by Gasteiger charge is -2.34. The van der Waals surface area contributed by atoms with E-state index in [4.69, 9.17) is 9.72 Å². The Bertz CT molecular complexity index is 761. The lowest BCUT2D eigenvalue weighted by molar-refractivity contribution is 0.0897. The Kier molecular flexibility index (Phi) is 6.25. The molecule has 0 unspecified atom stereocenters. The van der Waals surface area contributed by atoms with Gasteiger partial charge in [-0.2, -0.15) is 0 Å². The summed E-state index contributed by atoms with van der Waals surface area (Å²) in [5, 5.41) is 10.2. The zero-order valence-corrected chi connectivity index (χ0v) is 19.2. The Balaban J connectivity index is 1.75. The maximum atomic E-state index is 10.2. The number of aromatic nitrogens is 3. The number of fused-ring (bicyclic) bond motifs is 1. The molecule has 2 aromatic rings. The van der Waals surface area contributed by atoms with Gasteiger partial charge in [-0.3, -0.25) is 0 Å². The number of aliphatic hydroxyl groups excluding tert-OH is 1. The largest absolute Gasteiger partial charge is 0.391 e. The third-order valence-corrected chi connectivity index (χ3v) is 7.47. The average molecular weight is 488 g/mol. The number of rotatable bonds is 6. The first-order valence-electron chi connectivity index (χ1n) is 9.27. The van der Waals surface area contributed by atoms with Crippen molar-refractivity contribution in [3.63, 3.8) is 0 Å². The molecule has 3 heterocycles. The number of piperidine rings is 1. The number of aliphatic hydroxyl groups is 1. The van der Waals surface area contributed by atoms with Crippen LogP contribution in [0.1, 0.15) is 13.3 Å². The van der Waals surface area contributed by atoms with Gasteiger partial charge in [-0.05, 0) is 41.0 Å². The Hall–Kier alpha value is -0.713. The second kappa shape index (κ2) is 8.11. The average Bonchev–Trinajstić information content (AvgIpc) is 2.89. The minimum Gasteiger partial charge on any atom is -0.391 e. The smallest absolute Gasteiger partial charge is 0.164 e. The topological polar surface area (TPSA) is 63.4 Å². The fraction of sp³-hybridized carbons (Fsp3) is 0.667. The molecule has 1 N–H and O–H groups in total. The van der Waals surface area contributed by atoms with Crippen LogP contribution in [0.15, 0.2) is 12.4 Å². The molecule has 0 radical (unpaired) electrons. The molecule has 1 aliphatic heterocycles. The van der Waals surface area contributed by atoms with Crippen LogP contribution >= 0.6 is 22.6 Å². The van der Waals surface area contributed by atoms with Crippen LogP contribution in [-0.4, -0.2) is 53.5 Å². The fourth-order valence-electron chi connectivity index (χ4n) is 3.05. The van der Waals surface area contributed by atoms with E-state index in [0.29, 0.717) is 19.2 Å². The van der Waals surface area contributed by atoms with Gasteiger partial charge in [-0.1, -0.05) is 26.6 Å². The summed E-state index contributed by atoms with van der Waals surface area (Å²) < 4.78 is 9.03. The van der Waals surface area contributed by atoms with E-state index >= 15 is 0 Å². The number of halogens is 1. The fourth-order valence-corrected chi connectivity index (χ4v) is 4.52. The summed E-state index contributed by atoms with van der Waals surface area (Å²) in [4.78, 5) is 11.6. The van der Waals surface area contributed by atoms with Gasteiger partial charge in [0.25, 0.3) is 0 Å². The minimum absolute atomic E-state index is 0.307. The van der Waals surface area contributed by atoms with Crippen LogP contribution in [0.25, 0.3) is 11.2 Å². The second-order valence-electron chi connectivity index (χ2n) is 8.47. The third-order valence-electron chi connectivity index (χ3n) is 4.98. The van der Waals surface area contributed by atoms with Crippen molar-refractivity contribution in [2.45, 2.75) is 51.9 Å². The van der Waals surface area contributed by atoms with Gasteiger partial charge in [0.05, 0.1) is 15.9 Å². The van der Waals surface area contributed by atoms with Crippen molar-refractivity contribution in [2.75, 3.05) is 24.6 Å². The summed E-state index contributed by atoms with van der Waals surface area (Å²) >= 11 is 2.30. The second-order valence-corrected chi connectivity index (χ2v) is 15.3. The molecular weight excluding hydrogens is 459 g/mol. The summed E-state index contributed by atoms with van der Waals surface area (Å²) in [7, 11) is -1.08. The molecule has 0 aliphatic carbocycles. The van der Waals surface area contributed by atoms with Crippen molar-refractivity contribution in [2.24, 2.45) is 5.92 Å². The van der Waals surface area contributed by atoms with Gasteiger partial charge in [0.15, 0.2) is 5.65 Å². The molecule has 0 bridgehead atoms. The van der Waals surface area contributed by atoms with E-state index in [9.17, 15) is 5.11 Å². The number of hydrogen-bond donors (Lipinski definition) is 1. The van der Waals surface area contributed by atoms with Crippen molar-refractivity contribution in [1.29, 1.82) is 0 Å². The first kappa shape index (κ1) is 20.0. The highest BCUT2D eigenvalue weighted by atomic mass is 127. The van der Waals surface area contributed by atoms with Crippen LogP contribution in [0.4, 0.5) is 5.82 Å². The number of β-amino-alcohol motifs (C(OH)–C–C–N with tert-alkyl or cyclic N) is 1. The molecule has 3 rings (SSSR count). The Morgan fingerprint density at radius 3 is 2.85 bits per heavy atom. The predicted octanol–water partition coefficient (Wildman–Crippen LogP) is 3.56. The number of ether oxygens (including phenoxy) is 1. The van der Waals surface area contributed by atoms with E-state index in [2.05, 4.69) is 65.2 Å². The molecule has 0 amide bonds. The summed E-state index contributed by atoms with van der Waals surface area (Å²) in [5.41, 5.74) is 1.77. The van der Waals surface area contributed by atoms with Crippen molar-refractivity contribution in [3.05, 3.63) is 16.0 Å². The Labute approximate surface area is 170 Å². The molecule has 0 spiro atoms. The van der Waals surface area contributed by atoms with Gasteiger partial charge < -0.3 is 19.3 Å². The molecule has 6 nitrogen and oxygen atoms in total. The zero-order valence-electron chi connectivity index (χ0n) is 16.1. The van der Waals surface area contributed by atoms with E-state index < -0.39 is 8.07 Å². The lowest BCUT2D eigenvalue weighted by Crippen LogP contribution is -2.43. The summed E-state index contributed by atoms with van der Waals surface area (Å²) in [6, 6.07) is 1.16. The van der Waals surface area contributed by atoms with E-state index in [1.807, 2.05) is 10.8 Å². The number of hydrogen-bond acceptors (Lipinski definition) is 5. The highest BCUT2D eigenvalue weighted by molar-refractivity contribution is 14.1. The zero-order chi connectivity index (χ0) is 18.9. The molecule has 0 aromatic carbocycles. The van der Waals surface area contributed by atoms with Crippen LogP contribution in [-0.2, 0) is 11.5 Å². The summed E-state index contributed by atoms with van der Waals surface area (Å²) in [6.45, 7) is 12.0. The highest BCUT2D eigenvalue weighted by Crippen LogP contribution is 2.25. The highest BCUT2D eigenvalue weighted by Gasteiger charge is 2.25. The molecule has 1 fully saturated rings. The van der Waals surface area contributed by atoms with Crippen molar-refractivity contribution in [3.8, 4) is 0 Å². The van der Waals surface area contributed by atoms with Crippen molar-refractivity contribution < 1.29 is 9.84 Å². The van der Waals surface area contributed by atoms with Crippen LogP contribution in [0, 0.1) is 9.49 Å². The molecule has 144 valence electrons.